The van der Waals surface area contributed by atoms with E-state index in [0.717, 1.165) is 0 Å². The molecular formula is C22H32N6O8. The summed E-state index contributed by atoms with van der Waals surface area (Å²) in [7, 11) is 0. The van der Waals surface area contributed by atoms with Gasteiger partial charge in [-0.25, -0.2) is 4.79 Å². The molecule has 0 spiro atoms. The maximum atomic E-state index is 12.9. The van der Waals surface area contributed by atoms with Gasteiger partial charge in [0.05, 0.1) is 12.6 Å². The molecule has 0 fully saturated rings. The fourth-order valence-corrected chi connectivity index (χ4v) is 3.05. The zero-order valence-corrected chi connectivity index (χ0v) is 19.5. The highest BCUT2D eigenvalue weighted by atomic mass is 16.4. The van der Waals surface area contributed by atoms with Crippen LogP contribution in [0.3, 0.4) is 0 Å². The molecule has 14 heteroatoms. The van der Waals surface area contributed by atoms with E-state index in [4.69, 9.17) is 17.2 Å². The van der Waals surface area contributed by atoms with Crippen LogP contribution in [0.15, 0.2) is 30.3 Å². The Labute approximate surface area is 206 Å². The molecule has 0 radical (unpaired) electrons. The molecule has 4 atom stereocenters. The molecule has 4 unspecified atom stereocenters. The Kier molecular flexibility index (Phi) is 12.5. The molecule has 0 heterocycles. The number of hydrogen-bond donors (Lipinski definition) is 8. The van der Waals surface area contributed by atoms with Crippen LogP contribution in [0.4, 0.5) is 0 Å². The number of benzene rings is 1. The van der Waals surface area contributed by atoms with Crippen LogP contribution < -0.4 is 33.2 Å². The van der Waals surface area contributed by atoms with E-state index < -0.39 is 66.3 Å². The van der Waals surface area contributed by atoms with Gasteiger partial charge in [0.1, 0.15) is 18.1 Å². The van der Waals surface area contributed by atoms with E-state index in [1.54, 1.807) is 30.3 Å². The third-order valence-corrected chi connectivity index (χ3v) is 5.06. The molecule has 1 rings (SSSR count). The van der Waals surface area contributed by atoms with Crippen molar-refractivity contribution in [3.05, 3.63) is 35.9 Å². The van der Waals surface area contributed by atoms with Gasteiger partial charge in [0.15, 0.2) is 0 Å². The summed E-state index contributed by atoms with van der Waals surface area (Å²) >= 11 is 0. The number of primary amides is 2. The summed E-state index contributed by atoms with van der Waals surface area (Å²) in [5.74, 6) is -5.45. The standard InChI is InChI=1S/C22H32N6O8/c23-13(6-8-17(24)30)19(32)28-16(11-29)21(34)27-15(10-12-4-2-1-3-5-12)20(33)26-14(22(35)36)7-9-18(25)31/h1-5,13-16,29H,6-11,23H2,(H2,24,30)(H2,25,31)(H,26,33)(H,27,34)(H,28,32)(H,35,36). The van der Waals surface area contributed by atoms with E-state index in [0.29, 0.717) is 5.56 Å². The molecule has 198 valence electrons. The number of amides is 5. The topological polar surface area (TPSA) is 257 Å². The third kappa shape index (κ3) is 10.9. The molecule has 14 nitrogen and oxygen atoms in total. The fourth-order valence-electron chi connectivity index (χ4n) is 3.05. The molecule has 5 amide bonds. The summed E-state index contributed by atoms with van der Waals surface area (Å²) in [5.41, 5.74) is 16.4. The van der Waals surface area contributed by atoms with Crippen LogP contribution in [-0.4, -0.2) is 76.5 Å². The number of aliphatic hydroxyl groups excluding tert-OH is 1. The highest BCUT2D eigenvalue weighted by molar-refractivity contribution is 5.94. The summed E-state index contributed by atoms with van der Waals surface area (Å²) in [4.78, 5) is 71.3. The Balaban J connectivity index is 2.98. The molecule has 0 aliphatic heterocycles. The van der Waals surface area contributed by atoms with Crippen molar-refractivity contribution < 1.29 is 39.0 Å². The molecule has 36 heavy (non-hydrogen) atoms. The molecule has 0 saturated heterocycles. The van der Waals surface area contributed by atoms with Crippen molar-refractivity contribution in [3.8, 4) is 0 Å². The number of nitrogens with one attached hydrogen (secondary N) is 3. The molecular weight excluding hydrogens is 476 g/mol. The molecule has 1 aromatic carbocycles. The van der Waals surface area contributed by atoms with Crippen molar-refractivity contribution >= 4 is 35.5 Å². The molecule has 1 aromatic rings. The second-order valence-corrected chi connectivity index (χ2v) is 8.01. The van der Waals surface area contributed by atoms with Gasteiger partial charge in [0.25, 0.3) is 0 Å². The van der Waals surface area contributed by atoms with Crippen molar-refractivity contribution in [1.29, 1.82) is 0 Å². The van der Waals surface area contributed by atoms with Gasteiger partial charge in [-0.2, -0.15) is 0 Å². The highest BCUT2D eigenvalue weighted by Gasteiger charge is 2.30. The summed E-state index contributed by atoms with van der Waals surface area (Å²) in [5, 5.41) is 25.9. The predicted octanol–water partition coefficient (Wildman–Crippen LogP) is -3.38. The van der Waals surface area contributed by atoms with Gasteiger partial charge in [-0.3, -0.25) is 24.0 Å². The van der Waals surface area contributed by atoms with Gasteiger partial charge in [0, 0.05) is 19.3 Å². The second kappa shape index (κ2) is 15.1. The summed E-state index contributed by atoms with van der Waals surface area (Å²) in [6, 6.07) is 3.07. The molecule has 11 N–H and O–H groups in total. The Hall–Kier alpha value is -4.04. The van der Waals surface area contributed by atoms with Gasteiger partial charge in [0.2, 0.25) is 29.5 Å². The first-order chi connectivity index (χ1) is 16.9. The van der Waals surface area contributed by atoms with Crippen molar-refractivity contribution in [2.75, 3.05) is 6.61 Å². The lowest BCUT2D eigenvalue weighted by Crippen LogP contribution is -2.58. The van der Waals surface area contributed by atoms with Crippen molar-refractivity contribution in [3.63, 3.8) is 0 Å². The first-order valence-electron chi connectivity index (χ1n) is 11.1. The Morgan fingerprint density at radius 2 is 1.25 bits per heavy atom. The van der Waals surface area contributed by atoms with Crippen LogP contribution in [0.5, 0.6) is 0 Å². The van der Waals surface area contributed by atoms with Crippen molar-refractivity contribution in [1.82, 2.24) is 16.0 Å². The lowest BCUT2D eigenvalue weighted by molar-refractivity contribution is -0.142. The Morgan fingerprint density at radius 1 is 0.750 bits per heavy atom. The second-order valence-electron chi connectivity index (χ2n) is 8.01. The van der Waals surface area contributed by atoms with Crippen molar-refractivity contribution in [2.45, 2.75) is 56.3 Å². The number of hydrogen-bond acceptors (Lipinski definition) is 8. The highest BCUT2D eigenvalue weighted by Crippen LogP contribution is 2.06. The molecule has 0 bridgehead atoms. The third-order valence-electron chi connectivity index (χ3n) is 5.06. The zero-order chi connectivity index (χ0) is 27.3. The number of nitrogens with two attached hydrogens (primary N) is 3. The quantitative estimate of drug-likeness (QED) is 0.111. The lowest BCUT2D eigenvalue weighted by Gasteiger charge is -2.24. The monoisotopic (exact) mass is 508 g/mol. The smallest absolute Gasteiger partial charge is 0.326 e. The van der Waals surface area contributed by atoms with Crippen LogP contribution in [0, 0.1) is 0 Å². The van der Waals surface area contributed by atoms with Gasteiger partial charge in [-0.15, -0.1) is 0 Å². The van der Waals surface area contributed by atoms with Gasteiger partial charge in [-0.1, -0.05) is 30.3 Å². The number of carboxylic acids is 1. The molecule has 0 aromatic heterocycles. The van der Waals surface area contributed by atoms with Crippen LogP contribution in [0.25, 0.3) is 0 Å². The first-order valence-corrected chi connectivity index (χ1v) is 11.1. The largest absolute Gasteiger partial charge is 0.480 e. The average Bonchev–Trinajstić information content (AvgIpc) is 2.82. The number of carbonyl (C=O) groups excluding carboxylic acids is 5. The summed E-state index contributed by atoms with van der Waals surface area (Å²) < 4.78 is 0. The van der Waals surface area contributed by atoms with Crippen LogP contribution in [0.1, 0.15) is 31.2 Å². The molecule has 0 aliphatic rings. The van der Waals surface area contributed by atoms with E-state index in [-0.39, 0.29) is 32.1 Å². The normalized spacial score (nSPS) is 13.9. The van der Waals surface area contributed by atoms with Crippen LogP contribution in [-0.2, 0) is 35.2 Å². The van der Waals surface area contributed by atoms with E-state index >= 15 is 0 Å². The number of carbonyl (C=O) groups is 6. The van der Waals surface area contributed by atoms with E-state index in [1.807, 2.05) is 0 Å². The maximum Gasteiger partial charge on any atom is 0.326 e. The fraction of sp³-hybridized carbons (Fsp3) is 0.455. The van der Waals surface area contributed by atoms with Crippen LogP contribution in [0.2, 0.25) is 0 Å². The average molecular weight is 509 g/mol. The van der Waals surface area contributed by atoms with Gasteiger partial charge < -0.3 is 43.4 Å². The Bertz CT molecular complexity index is 942. The number of aliphatic hydroxyl groups is 1. The van der Waals surface area contributed by atoms with Crippen molar-refractivity contribution in [2.24, 2.45) is 17.2 Å². The van der Waals surface area contributed by atoms with Gasteiger partial charge >= 0.3 is 5.97 Å². The SMILES string of the molecule is NC(=O)CCC(N)C(=O)NC(CO)C(=O)NC(Cc1ccccc1)C(=O)NC(CCC(N)=O)C(=O)O. The predicted molar refractivity (Wildman–Crippen MR) is 125 cm³/mol. The summed E-state index contributed by atoms with van der Waals surface area (Å²) in [6.45, 7) is -0.837. The number of carboxylic acid groups (broad SMARTS) is 1. The van der Waals surface area contributed by atoms with Crippen LogP contribution >= 0.6 is 0 Å². The minimum Gasteiger partial charge on any atom is -0.480 e. The zero-order valence-electron chi connectivity index (χ0n) is 19.5. The van der Waals surface area contributed by atoms with E-state index in [9.17, 15) is 39.0 Å². The summed E-state index contributed by atoms with van der Waals surface area (Å²) in [6.07, 6.45) is -0.848. The van der Waals surface area contributed by atoms with E-state index in [1.165, 1.54) is 0 Å². The maximum absolute atomic E-state index is 12.9. The Morgan fingerprint density at radius 3 is 1.78 bits per heavy atom. The van der Waals surface area contributed by atoms with Gasteiger partial charge in [-0.05, 0) is 18.4 Å². The molecule has 0 aliphatic carbocycles. The first kappa shape index (κ1) is 30.0. The molecule has 0 saturated carbocycles. The number of rotatable bonds is 16. The van der Waals surface area contributed by atoms with E-state index in [2.05, 4.69) is 16.0 Å². The lowest BCUT2D eigenvalue weighted by atomic mass is 10.0. The minimum atomic E-state index is -1.49. The number of aliphatic carboxylic acids is 1. The minimum absolute atomic E-state index is 0.0508.